The van der Waals surface area contributed by atoms with Gasteiger partial charge >= 0.3 is 12.0 Å². The minimum atomic E-state index is -0.659. The van der Waals surface area contributed by atoms with E-state index < -0.39 is 18.3 Å². The molecule has 264 valence electrons. The van der Waals surface area contributed by atoms with Crippen LogP contribution in [0.25, 0.3) is 22.6 Å². The molecule has 1 fully saturated rings. The van der Waals surface area contributed by atoms with Crippen LogP contribution >= 0.6 is 11.8 Å². The Morgan fingerprint density at radius 3 is 2.14 bits per heavy atom. The van der Waals surface area contributed by atoms with E-state index in [0.29, 0.717) is 11.0 Å². The second-order valence-electron chi connectivity index (χ2n) is 12.1. The van der Waals surface area contributed by atoms with E-state index in [2.05, 4.69) is 17.6 Å². The van der Waals surface area contributed by atoms with Gasteiger partial charge in [-0.15, -0.1) is 0 Å². The van der Waals surface area contributed by atoms with Crippen molar-refractivity contribution >= 4 is 23.8 Å². The highest BCUT2D eigenvalue weighted by molar-refractivity contribution is 7.99. The number of rotatable bonds is 13. The first kappa shape index (κ1) is 35.9. The van der Waals surface area contributed by atoms with Crippen molar-refractivity contribution in [2.45, 2.75) is 50.7 Å². The van der Waals surface area contributed by atoms with Crippen LogP contribution in [0, 0.1) is 5.92 Å². The van der Waals surface area contributed by atoms with Gasteiger partial charge in [0.2, 0.25) is 0 Å². The number of esters is 1. The molecule has 1 saturated heterocycles. The number of oxazole rings is 1. The van der Waals surface area contributed by atoms with Gasteiger partial charge in [0.15, 0.2) is 12.1 Å². The topological polar surface area (TPSA) is 132 Å². The van der Waals surface area contributed by atoms with Gasteiger partial charge in [-0.1, -0.05) is 128 Å². The molecule has 6 rings (SSSR count). The number of thioether (sulfide) groups is 1. The summed E-state index contributed by atoms with van der Waals surface area (Å²) in [5.74, 6) is 0.768. The maximum atomic E-state index is 12.1. The Bertz CT molecular complexity index is 1810. The Morgan fingerprint density at radius 1 is 0.824 bits per heavy atom. The summed E-state index contributed by atoms with van der Waals surface area (Å²) in [4.78, 5) is 28.6. The van der Waals surface area contributed by atoms with Gasteiger partial charge in [0.05, 0.1) is 25.4 Å². The fourth-order valence-electron chi connectivity index (χ4n) is 5.80. The zero-order valence-electron chi connectivity index (χ0n) is 28.5. The predicted molar refractivity (Wildman–Crippen MR) is 194 cm³/mol. The Labute approximate surface area is 301 Å². The zero-order chi connectivity index (χ0) is 35.6. The molecule has 5 aromatic rings. The Hall–Kier alpha value is -4.94. The fraction of sp³-hybridized carbons (Fsp3) is 0.275. The molecule has 51 heavy (non-hydrogen) atoms. The predicted octanol–water partition coefficient (Wildman–Crippen LogP) is 7.45. The Balaban J connectivity index is 1.18. The van der Waals surface area contributed by atoms with Crippen LogP contribution < -0.4 is 10.6 Å². The largest absolute Gasteiger partial charge is 0.465 e. The first-order valence-corrected chi connectivity index (χ1v) is 17.9. The minimum absolute atomic E-state index is 0.0255. The van der Waals surface area contributed by atoms with Gasteiger partial charge in [-0.05, 0) is 23.6 Å². The molecule has 0 saturated carbocycles. The summed E-state index contributed by atoms with van der Waals surface area (Å²) >= 11 is 1.51. The lowest BCUT2D eigenvalue weighted by Crippen LogP contribution is -2.39. The zero-order valence-corrected chi connectivity index (χ0v) is 29.3. The molecular formula is C40H41N3O7S. The van der Waals surface area contributed by atoms with Crippen LogP contribution in [0.4, 0.5) is 4.79 Å². The van der Waals surface area contributed by atoms with Crippen LogP contribution in [0.2, 0.25) is 0 Å². The quantitative estimate of drug-likeness (QED) is 0.0844. The van der Waals surface area contributed by atoms with Crippen molar-refractivity contribution < 1.29 is 33.3 Å². The molecule has 11 heteroatoms. The van der Waals surface area contributed by atoms with Crippen molar-refractivity contribution in [1.82, 2.24) is 15.6 Å². The maximum absolute atomic E-state index is 12.1. The summed E-state index contributed by atoms with van der Waals surface area (Å²) in [6.07, 6.45) is -1.17. The molecule has 1 aliphatic heterocycles. The molecule has 10 nitrogen and oxygen atoms in total. The molecule has 0 radical (unpaired) electrons. The van der Waals surface area contributed by atoms with Crippen molar-refractivity contribution in [2.24, 2.45) is 5.92 Å². The number of ether oxygens (including phenoxy) is 3. The van der Waals surface area contributed by atoms with E-state index in [4.69, 9.17) is 23.6 Å². The van der Waals surface area contributed by atoms with Gasteiger partial charge in [-0.2, -0.15) is 0 Å². The lowest BCUT2D eigenvalue weighted by Gasteiger charge is -2.41. The number of hydrogen-bond acceptors (Lipinski definition) is 9. The third-order valence-corrected chi connectivity index (χ3v) is 9.51. The normalized spacial score (nSPS) is 18.6. The standard InChI is InChI=1S/C40H41N3O7S/c1-3-47-34(45)23-42-39(46)41-22-27-14-20-32(21-15-27)38-48-33(26(2)36(49-38)31-18-16-28(24-44)17-19-31)25-51-40-43-35(29-10-6-4-7-11-29)37(50-40)30-12-8-5-9-13-30/h4-21,26,33,36,38,44H,3,22-25H2,1-2H3,(H2,41,42,46). The number of aliphatic hydroxyl groups is 1. The molecule has 4 unspecified atom stereocenters. The number of amides is 2. The first-order chi connectivity index (χ1) is 24.9. The molecule has 4 aromatic carbocycles. The Kier molecular flexibility index (Phi) is 12.2. The molecule has 0 spiro atoms. The molecule has 4 atom stereocenters. The number of aliphatic hydroxyl groups excluding tert-OH is 1. The van der Waals surface area contributed by atoms with Crippen molar-refractivity contribution in [3.8, 4) is 22.6 Å². The number of benzene rings is 4. The highest BCUT2D eigenvalue weighted by atomic mass is 32.2. The summed E-state index contributed by atoms with van der Waals surface area (Å²) in [6.45, 7) is 4.12. The van der Waals surface area contributed by atoms with Crippen molar-refractivity contribution in [1.29, 1.82) is 0 Å². The summed E-state index contributed by atoms with van der Waals surface area (Å²) in [7, 11) is 0. The van der Waals surface area contributed by atoms with E-state index in [9.17, 15) is 14.7 Å². The minimum Gasteiger partial charge on any atom is -0.465 e. The molecule has 1 aliphatic rings. The molecular weight excluding hydrogens is 667 g/mol. The first-order valence-electron chi connectivity index (χ1n) is 16.9. The average molecular weight is 708 g/mol. The highest BCUT2D eigenvalue weighted by Gasteiger charge is 2.38. The third kappa shape index (κ3) is 9.25. The van der Waals surface area contributed by atoms with E-state index in [1.165, 1.54) is 11.8 Å². The molecule has 0 aliphatic carbocycles. The molecule has 3 N–H and O–H groups in total. The summed E-state index contributed by atoms with van der Waals surface area (Å²) in [5.41, 5.74) is 6.23. The van der Waals surface area contributed by atoms with Gasteiger partial charge in [0, 0.05) is 34.9 Å². The van der Waals surface area contributed by atoms with E-state index >= 15 is 0 Å². The number of aromatic nitrogens is 1. The van der Waals surface area contributed by atoms with Gasteiger partial charge in [0.25, 0.3) is 5.22 Å². The fourth-order valence-corrected chi connectivity index (χ4v) is 6.79. The van der Waals surface area contributed by atoms with Gasteiger partial charge in [0.1, 0.15) is 12.2 Å². The second kappa shape index (κ2) is 17.3. The van der Waals surface area contributed by atoms with E-state index in [1.807, 2.05) is 109 Å². The van der Waals surface area contributed by atoms with Crippen LogP contribution in [-0.4, -0.2) is 47.1 Å². The monoisotopic (exact) mass is 707 g/mol. The third-order valence-electron chi connectivity index (χ3n) is 8.59. The lowest BCUT2D eigenvalue weighted by molar-refractivity contribution is -0.268. The SMILES string of the molecule is CCOC(=O)CNC(=O)NCc1ccc(C2OC(CSc3nc(-c4ccccc4)c(-c4ccccc4)o3)C(C)C(c3ccc(CO)cc3)O2)cc1. The summed E-state index contributed by atoms with van der Waals surface area (Å²) in [5, 5.41) is 15.4. The molecule has 2 heterocycles. The Morgan fingerprint density at radius 2 is 1.47 bits per heavy atom. The van der Waals surface area contributed by atoms with Crippen LogP contribution in [-0.2, 0) is 32.2 Å². The molecule has 0 bridgehead atoms. The van der Waals surface area contributed by atoms with Crippen LogP contribution in [0.5, 0.6) is 0 Å². The van der Waals surface area contributed by atoms with Crippen LogP contribution in [0.1, 0.15) is 48.5 Å². The van der Waals surface area contributed by atoms with Crippen molar-refractivity contribution in [3.63, 3.8) is 0 Å². The second-order valence-corrected chi connectivity index (χ2v) is 13.1. The lowest BCUT2D eigenvalue weighted by atomic mass is 9.91. The molecule has 2 amide bonds. The number of nitrogens with zero attached hydrogens (tertiary/aromatic N) is 1. The van der Waals surface area contributed by atoms with E-state index in [1.54, 1.807) is 6.92 Å². The van der Waals surface area contributed by atoms with Gasteiger partial charge in [-0.25, -0.2) is 9.78 Å². The highest BCUT2D eigenvalue weighted by Crippen LogP contribution is 2.44. The van der Waals surface area contributed by atoms with Crippen LogP contribution in [0.15, 0.2) is 119 Å². The molecule has 1 aromatic heterocycles. The average Bonchev–Trinajstić information content (AvgIpc) is 3.61. The van der Waals surface area contributed by atoms with Gasteiger partial charge < -0.3 is 34.4 Å². The number of urea groups is 1. The number of carbonyl (C=O) groups excluding carboxylic acids is 2. The smallest absolute Gasteiger partial charge is 0.325 e. The maximum Gasteiger partial charge on any atom is 0.325 e. The van der Waals surface area contributed by atoms with Crippen molar-refractivity contribution in [2.75, 3.05) is 18.9 Å². The van der Waals surface area contributed by atoms with E-state index in [0.717, 1.165) is 44.8 Å². The van der Waals surface area contributed by atoms with E-state index in [-0.39, 0.29) is 44.4 Å². The van der Waals surface area contributed by atoms with Gasteiger partial charge in [-0.3, -0.25) is 4.79 Å². The summed E-state index contributed by atoms with van der Waals surface area (Å²) < 4.78 is 24.5. The van der Waals surface area contributed by atoms with Crippen LogP contribution in [0.3, 0.4) is 0 Å². The summed E-state index contributed by atoms with van der Waals surface area (Å²) in [6, 6.07) is 35.0. The van der Waals surface area contributed by atoms with Crippen molar-refractivity contribution in [3.05, 3.63) is 131 Å². The number of carbonyl (C=O) groups is 2. The number of nitrogens with one attached hydrogen (secondary N) is 2. The number of hydrogen-bond donors (Lipinski definition) is 3.